The van der Waals surface area contributed by atoms with Gasteiger partial charge in [-0.3, -0.25) is 14.6 Å². The van der Waals surface area contributed by atoms with Gasteiger partial charge in [-0.25, -0.2) is 0 Å². The van der Waals surface area contributed by atoms with E-state index >= 15 is 0 Å². The number of thiophene rings is 2. The Morgan fingerprint density at radius 3 is 1.48 bits per heavy atom. The van der Waals surface area contributed by atoms with Gasteiger partial charge in [-0.15, -0.1) is 22.7 Å². The minimum atomic E-state index is -0.283. The van der Waals surface area contributed by atoms with Crippen molar-refractivity contribution < 1.29 is 0 Å². The van der Waals surface area contributed by atoms with Crippen molar-refractivity contribution in [2.45, 2.75) is 65.2 Å². The molecule has 0 saturated carbocycles. The van der Waals surface area contributed by atoms with E-state index in [0.717, 1.165) is 22.2 Å². The Labute approximate surface area is 155 Å². The Morgan fingerprint density at radius 2 is 1.16 bits per heavy atom. The molecule has 0 saturated heterocycles. The van der Waals surface area contributed by atoms with E-state index in [1.807, 2.05) is 12.1 Å². The molecule has 0 radical (unpaired) electrons. The Bertz CT molecular complexity index is 983. The van der Waals surface area contributed by atoms with Gasteiger partial charge in [-0.2, -0.15) is 0 Å². The average Bonchev–Trinajstić information content (AvgIpc) is 3.17. The summed E-state index contributed by atoms with van der Waals surface area (Å²) in [6.45, 7) is 13.1. The van der Waals surface area contributed by atoms with Gasteiger partial charge < -0.3 is 0 Å². The fraction of sp³-hybridized carbons (Fsp3) is 0.500. The van der Waals surface area contributed by atoms with E-state index < -0.39 is 0 Å². The van der Waals surface area contributed by atoms with Gasteiger partial charge in [-0.05, 0) is 35.8 Å². The molecule has 3 heterocycles. The second-order valence-electron chi connectivity index (χ2n) is 7.97. The van der Waals surface area contributed by atoms with Gasteiger partial charge in [-0.1, -0.05) is 41.5 Å². The molecule has 25 heavy (non-hydrogen) atoms. The van der Waals surface area contributed by atoms with E-state index in [1.165, 1.54) is 9.75 Å². The topological polar surface area (TPSA) is 49.9 Å². The van der Waals surface area contributed by atoms with Crippen LogP contribution in [0.1, 0.15) is 64.1 Å². The zero-order valence-electron chi connectivity index (χ0n) is 15.7. The average molecular weight is 376 g/mol. The monoisotopic (exact) mass is 375 g/mol. The lowest BCUT2D eigenvalue weighted by Gasteiger charge is -2.20. The molecular weight excluding hydrogens is 350 g/mol. The molecule has 3 aromatic heterocycles. The van der Waals surface area contributed by atoms with Gasteiger partial charge in [0.05, 0.1) is 20.2 Å². The first-order valence-electron chi connectivity index (χ1n) is 8.75. The van der Waals surface area contributed by atoms with Crippen molar-refractivity contribution >= 4 is 42.8 Å². The lowest BCUT2D eigenvalue weighted by molar-refractivity contribution is 0.517. The molecule has 0 aliphatic heterocycles. The Morgan fingerprint density at radius 1 is 0.800 bits per heavy atom. The second kappa shape index (κ2) is 6.06. The molecule has 0 spiro atoms. The summed E-state index contributed by atoms with van der Waals surface area (Å²) in [5, 5.41) is 1.27. The normalized spacial score (nSPS) is 13.0. The first-order valence-corrected chi connectivity index (χ1v) is 10.4. The molecule has 0 unspecified atom stereocenters. The molecule has 3 nitrogen and oxygen atoms in total. The molecular formula is C20H25NO2S2. The zero-order valence-corrected chi connectivity index (χ0v) is 17.3. The van der Waals surface area contributed by atoms with E-state index in [2.05, 4.69) is 46.5 Å². The lowest BCUT2D eigenvalue weighted by atomic mass is 9.88. The molecule has 0 aromatic carbocycles. The van der Waals surface area contributed by atoms with Gasteiger partial charge in [0.25, 0.3) is 11.1 Å². The number of hydrogen-bond acceptors (Lipinski definition) is 4. The summed E-state index contributed by atoms with van der Waals surface area (Å²) in [4.78, 5) is 30.0. The predicted molar refractivity (Wildman–Crippen MR) is 111 cm³/mol. The largest absolute Gasteiger partial charge is 0.288 e. The summed E-state index contributed by atoms with van der Waals surface area (Å²) in [5.74, 6) is 0. The molecule has 3 rings (SSSR count). The summed E-state index contributed by atoms with van der Waals surface area (Å²) in [7, 11) is 0. The number of rotatable bonds is 4. The van der Waals surface area contributed by atoms with Crippen molar-refractivity contribution in [3.05, 3.63) is 42.6 Å². The van der Waals surface area contributed by atoms with Crippen molar-refractivity contribution in [2.75, 3.05) is 0 Å². The van der Waals surface area contributed by atoms with Crippen molar-refractivity contribution in [3.63, 3.8) is 0 Å². The van der Waals surface area contributed by atoms with Crippen molar-refractivity contribution in [3.8, 4) is 0 Å². The maximum Gasteiger partial charge on any atom is 0.259 e. The maximum absolute atomic E-state index is 12.5. The SMILES string of the molecule is CCC(C)(C)c1cc2c(=O)[nH]c(=O)c3cc(C(C)(C)CC)sc3c2s1. The van der Waals surface area contributed by atoms with Crippen molar-refractivity contribution in [1.82, 2.24) is 4.98 Å². The summed E-state index contributed by atoms with van der Waals surface area (Å²) in [5.41, 5.74) is -0.531. The van der Waals surface area contributed by atoms with Crippen LogP contribution in [0.5, 0.6) is 0 Å². The number of hydrogen-bond donors (Lipinski definition) is 1. The van der Waals surface area contributed by atoms with Crippen LogP contribution in [-0.4, -0.2) is 4.98 Å². The maximum atomic E-state index is 12.5. The lowest BCUT2D eigenvalue weighted by Crippen LogP contribution is -2.15. The molecule has 0 fully saturated rings. The number of nitrogens with one attached hydrogen (secondary N) is 1. The molecule has 0 amide bonds. The summed E-state index contributed by atoms with van der Waals surface area (Å²) < 4.78 is 1.89. The minimum absolute atomic E-state index is 0.0180. The summed E-state index contributed by atoms with van der Waals surface area (Å²) >= 11 is 3.32. The molecule has 134 valence electrons. The molecule has 3 aromatic rings. The van der Waals surface area contributed by atoms with Crippen LogP contribution in [0.3, 0.4) is 0 Å². The third-order valence-electron chi connectivity index (χ3n) is 5.49. The second-order valence-corrected chi connectivity index (χ2v) is 10.1. The van der Waals surface area contributed by atoms with Crippen LogP contribution in [0.4, 0.5) is 0 Å². The molecule has 0 bridgehead atoms. The number of fused-ring (bicyclic) bond motifs is 3. The minimum Gasteiger partial charge on any atom is -0.288 e. The van der Waals surface area contributed by atoms with E-state index in [4.69, 9.17) is 0 Å². The van der Waals surface area contributed by atoms with Crippen LogP contribution in [0.2, 0.25) is 0 Å². The molecule has 0 atom stereocenters. The number of aromatic nitrogens is 1. The van der Waals surface area contributed by atoms with Crippen LogP contribution in [-0.2, 0) is 10.8 Å². The molecule has 5 heteroatoms. The quantitative estimate of drug-likeness (QED) is 0.651. The van der Waals surface area contributed by atoms with Crippen LogP contribution in [0.15, 0.2) is 21.7 Å². The van der Waals surface area contributed by atoms with Crippen molar-refractivity contribution in [2.24, 2.45) is 0 Å². The molecule has 0 aliphatic carbocycles. The summed E-state index contributed by atoms with van der Waals surface area (Å²) in [6.07, 6.45) is 2.00. The van der Waals surface area contributed by atoms with E-state index in [-0.39, 0.29) is 21.9 Å². The zero-order chi connectivity index (χ0) is 18.6. The number of aromatic amines is 1. The molecule has 1 N–H and O–H groups in total. The van der Waals surface area contributed by atoms with Crippen molar-refractivity contribution in [1.29, 1.82) is 0 Å². The Hall–Kier alpha value is -1.46. The van der Waals surface area contributed by atoms with Gasteiger partial charge >= 0.3 is 0 Å². The summed E-state index contributed by atoms with van der Waals surface area (Å²) in [6, 6.07) is 3.96. The molecule has 0 aliphatic rings. The smallest absolute Gasteiger partial charge is 0.259 e. The van der Waals surface area contributed by atoms with Crippen LogP contribution in [0.25, 0.3) is 20.2 Å². The van der Waals surface area contributed by atoms with Gasteiger partial charge in [0.15, 0.2) is 0 Å². The Kier molecular flexibility index (Phi) is 4.44. The first kappa shape index (κ1) is 18.3. The Balaban J connectivity index is 2.46. The van der Waals surface area contributed by atoms with Gasteiger partial charge in [0, 0.05) is 9.75 Å². The highest BCUT2D eigenvalue weighted by molar-refractivity contribution is 7.27. The fourth-order valence-corrected chi connectivity index (χ4v) is 5.52. The number of H-pyrrole nitrogens is 1. The third kappa shape index (κ3) is 2.97. The van der Waals surface area contributed by atoms with E-state index in [1.54, 1.807) is 22.7 Å². The standard InChI is InChI=1S/C20H25NO2S2/c1-7-19(3,4)13-9-11-15(24-13)16-12(18(23)21-17(11)22)10-14(25-16)20(5,6)8-2/h9-10H,7-8H2,1-6H3,(H,21,22,23). The van der Waals surface area contributed by atoms with Gasteiger partial charge in [0.2, 0.25) is 0 Å². The highest BCUT2D eigenvalue weighted by Gasteiger charge is 2.25. The fourth-order valence-electron chi connectivity index (χ4n) is 2.71. The highest BCUT2D eigenvalue weighted by Crippen LogP contribution is 2.42. The third-order valence-corrected chi connectivity index (χ3v) is 8.65. The predicted octanol–water partition coefficient (Wildman–Crippen LogP) is 5.54. The van der Waals surface area contributed by atoms with E-state index in [9.17, 15) is 9.59 Å². The van der Waals surface area contributed by atoms with Gasteiger partial charge in [0.1, 0.15) is 0 Å². The first-order chi connectivity index (χ1) is 11.6. The van der Waals surface area contributed by atoms with Crippen LogP contribution in [0, 0.1) is 0 Å². The van der Waals surface area contributed by atoms with Crippen LogP contribution < -0.4 is 11.1 Å². The van der Waals surface area contributed by atoms with Crippen LogP contribution >= 0.6 is 22.7 Å². The highest BCUT2D eigenvalue weighted by atomic mass is 32.1. The van der Waals surface area contributed by atoms with E-state index in [0.29, 0.717) is 10.8 Å².